The van der Waals surface area contributed by atoms with E-state index in [1.165, 1.54) is 24.9 Å². The molecule has 1 aromatic carbocycles. The molecule has 0 amide bonds. The third-order valence-corrected chi connectivity index (χ3v) is 4.55. The van der Waals surface area contributed by atoms with Crippen molar-refractivity contribution in [2.24, 2.45) is 5.92 Å². The maximum atomic E-state index is 5.32. The molecule has 3 heteroatoms. The Kier molecular flexibility index (Phi) is 6.68. The molecule has 1 aromatic rings. The van der Waals surface area contributed by atoms with E-state index >= 15 is 0 Å². The van der Waals surface area contributed by atoms with E-state index in [1.807, 2.05) is 7.11 Å². The Morgan fingerprint density at radius 3 is 2.76 bits per heavy atom. The molecule has 1 heterocycles. The summed E-state index contributed by atoms with van der Waals surface area (Å²) in [7, 11) is 1.81. The van der Waals surface area contributed by atoms with Crippen LogP contribution in [0.15, 0.2) is 30.3 Å². The van der Waals surface area contributed by atoms with Gasteiger partial charge in [0.2, 0.25) is 0 Å². The Morgan fingerprint density at radius 2 is 2.10 bits per heavy atom. The monoisotopic (exact) mass is 290 g/mol. The first-order chi connectivity index (χ1) is 10.3. The first kappa shape index (κ1) is 16.5. The van der Waals surface area contributed by atoms with Gasteiger partial charge in [0.25, 0.3) is 0 Å². The zero-order valence-corrected chi connectivity index (χ0v) is 13.7. The van der Waals surface area contributed by atoms with E-state index in [4.69, 9.17) is 4.74 Å². The summed E-state index contributed by atoms with van der Waals surface area (Å²) < 4.78 is 5.32. The van der Waals surface area contributed by atoms with Gasteiger partial charge in [-0.1, -0.05) is 37.3 Å². The molecule has 1 saturated heterocycles. The molecule has 3 unspecified atom stereocenters. The maximum Gasteiger partial charge on any atom is 0.0503 e. The molecule has 3 atom stereocenters. The van der Waals surface area contributed by atoms with Crippen molar-refractivity contribution in [2.45, 2.75) is 38.8 Å². The second-order valence-electron chi connectivity index (χ2n) is 6.19. The highest BCUT2D eigenvalue weighted by molar-refractivity contribution is 5.20. The van der Waals surface area contributed by atoms with E-state index in [0.717, 1.165) is 19.7 Å². The first-order valence-electron chi connectivity index (χ1n) is 8.27. The van der Waals surface area contributed by atoms with Crippen LogP contribution in [0, 0.1) is 5.92 Å². The second kappa shape index (κ2) is 8.52. The van der Waals surface area contributed by atoms with Crippen LogP contribution in [0.3, 0.4) is 0 Å². The van der Waals surface area contributed by atoms with Gasteiger partial charge in [-0.3, -0.25) is 4.90 Å². The predicted molar refractivity (Wildman–Crippen MR) is 88.5 cm³/mol. The molecule has 0 aromatic heterocycles. The Morgan fingerprint density at radius 1 is 1.33 bits per heavy atom. The minimum atomic E-state index is 0.410. The smallest absolute Gasteiger partial charge is 0.0503 e. The summed E-state index contributed by atoms with van der Waals surface area (Å²) in [4.78, 5) is 2.62. The van der Waals surface area contributed by atoms with Crippen LogP contribution in [0.1, 0.15) is 38.3 Å². The number of nitrogens with zero attached hydrogens (tertiary/aromatic N) is 1. The fourth-order valence-corrected chi connectivity index (χ4v) is 3.34. The van der Waals surface area contributed by atoms with Gasteiger partial charge in [-0.2, -0.15) is 0 Å². The first-order valence-corrected chi connectivity index (χ1v) is 8.27. The average Bonchev–Trinajstić information content (AvgIpc) is 2.97. The number of methoxy groups -OCH3 is 1. The van der Waals surface area contributed by atoms with Gasteiger partial charge in [-0.05, 0) is 44.3 Å². The van der Waals surface area contributed by atoms with Crippen LogP contribution in [0.5, 0.6) is 0 Å². The summed E-state index contributed by atoms with van der Waals surface area (Å²) in [5, 5.41) is 3.74. The van der Waals surface area contributed by atoms with Crippen LogP contribution in [-0.4, -0.2) is 44.3 Å². The van der Waals surface area contributed by atoms with Crippen LogP contribution in [-0.2, 0) is 4.74 Å². The van der Waals surface area contributed by atoms with Gasteiger partial charge in [0.15, 0.2) is 0 Å². The molecule has 1 aliphatic rings. The molecule has 2 rings (SSSR count). The normalized spacial score (nSPS) is 22.3. The van der Waals surface area contributed by atoms with E-state index in [9.17, 15) is 0 Å². The van der Waals surface area contributed by atoms with Crippen LogP contribution in [0.25, 0.3) is 0 Å². The topological polar surface area (TPSA) is 24.5 Å². The van der Waals surface area contributed by atoms with Gasteiger partial charge in [0.05, 0.1) is 6.61 Å². The molecule has 1 fully saturated rings. The van der Waals surface area contributed by atoms with Crippen molar-refractivity contribution in [3.8, 4) is 0 Å². The van der Waals surface area contributed by atoms with E-state index < -0.39 is 0 Å². The molecule has 1 aliphatic heterocycles. The number of nitrogens with one attached hydrogen (secondary N) is 1. The van der Waals surface area contributed by atoms with Gasteiger partial charge >= 0.3 is 0 Å². The molecule has 0 radical (unpaired) electrons. The standard InChI is InChI=1S/C18H30N2O/c1-4-11-19-18(17-8-6-5-7-9-17)15(2)20-12-10-16(13-20)14-21-3/h5-9,15-16,18-19H,4,10-14H2,1-3H3. The predicted octanol–water partition coefficient (Wildman–Crippen LogP) is 3.08. The molecule has 0 spiro atoms. The fourth-order valence-electron chi connectivity index (χ4n) is 3.34. The van der Waals surface area contributed by atoms with Crippen LogP contribution in [0.4, 0.5) is 0 Å². The van der Waals surface area contributed by atoms with E-state index in [1.54, 1.807) is 0 Å². The summed E-state index contributed by atoms with van der Waals surface area (Å²) in [5.41, 5.74) is 1.40. The molecule has 1 N–H and O–H groups in total. The Bertz CT molecular complexity index is 395. The number of ether oxygens (including phenoxy) is 1. The third-order valence-electron chi connectivity index (χ3n) is 4.55. The van der Waals surface area contributed by atoms with Gasteiger partial charge in [0.1, 0.15) is 0 Å². The van der Waals surface area contributed by atoms with E-state index in [-0.39, 0.29) is 0 Å². The summed E-state index contributed by atoms with van der Waals surface area (Å²) in [5.74, 6) is 0.694. The molecule has 0 bridgehead atoms. The van der Waals surface area contributed by atoms with Crippen LogP contribution >= 0.6 is 0 Å². The maximum absolute atomic E-state index is 5.32. The highest BCUT2D eigenvalue weighted by Gasteiger charge is 2.30. The van der Waals surface area contributed by atoms with Crippen molar-refractivity contribution in [3.63, 3.8) is 0 Å². The quantitative estimate of drug-likeness (QED) is 0.796. The average molecular weight is 290 g/mol. The number of hydrogen-bond acceptors (Lipinski definition) is 3. The lowest BCUT2D eigenvalue weighted by atomic mass is 9.99. The van der Waals surface area contributed by atoms with Crippen molar-refractivity contribution >= 4 is 0 Å². The Labute approximate surface area is 129 Å². The largest absolute Gasteiger partial charge is 0.384 e. The van der Waals surface area contributed by atoms with Crippen molar-refractivity contribution in [1.82, 2.24) is 10.2 Å². The minimum absolute atomic E-state index is 0.410. The van der Waals surface area contributed by atoms with Crippen molar-refractivity contribution in [2.75, 3.05) is 33.4 Å². The van der Waals surface area contributed by atoms with Crippen molar-refractivity contribution in [1.29, 1.82) is 0 Å². The number of likely N-dealkylation sites (tertiary alicyclic amines) is 1. The summed E-state index contributed by atoms with van der Waals surface area (Å²) in [6.45, 7) is 8.89. The fraction of sp³-hybridized carbons (Fsp3) is 0.667. The summed E-state index contributed by atoms with van der Waals surface area (Å²) >= 11 is 0. The molecule has 21 heavy (non-hydrogen) atoms. The minimum Gasteiger partial charge on any atom is -0.384 e. The van der Waals surface area contributed by atoms with Gasteiger partial charge in [-0.25, -0.2) is 0 Å². The highest BCUT2D eigenvalue weighted by Crippen LogP contribution is 2.26. The van der Waals surface area contributed by atoms with Gasteiger partial charge < -0.3 is 10.1 Å². The van der Waals surface area contributed by atoms with Crippen LogP contribution in [0.2, 0.25) is 0 Å². The van der Waals surface area contributed by atoms with E-state index in [0.29, 0.717) is 18.0 Å². The Balaban J connectivity index is 2.03. The second-order valence-corrected chi connectivity index (χ2v) is 6.19. The van der Waals surface area contributed by atoms with Crippen LogP contribution < -0.4 is 5.32 Å². The molecule has 0 aliphatic carbocycles. The third kappa shape index (κ3) is 4.53. The molecular weight excluding hydrogens is 260 g/mol. The zero-order valence-electron chi connectivity index (χ0n) is 13.7. The number of hydrogen-bond donors (Lipinski definition) is 1. The van der Waals surface area contributed by atoms with Gasteiger partial charge in [0, 0.05) is 25.7 Å². The summed E-state index contributed by atoms with van der Waals surface area (Å²) in [6, 6.07) is 11.8. The van der Waals surface area contributed by atoms with Gasteiger partial charge in [-0.15, -0.1) is 0 Å². The lowest BCUT2D eigenvalue weighted by Gasteiger charge is -2.33. The highest BCUT2D eigenvalue weighted by atomic mass is 16.5. The molecule has 0 saturated carbocycles. The molecular formula is C18H30N2O. The van der Waals surface area contributed by atoms with E-state index in [2.05, 4.69) is 54.4 Å². The Hall–Kier alpha value is -0.900. The lowest BCUT2D eigenvalue weighted by molar-refractivity contribution is 0.142. The SMILES string of the molecule is CCCNC(c1ccccc1)C(C)N1CCC(COC)C1. The van der Waals surface area contributed by atoms with Crippen molar-refractivity contribution in [3.05, 3.63) is 35.9 Å². The number of rotatable bonds is 8. The van der Waals surface area contributed by atoms with Crippen molar-refractivity contribution < 1.29 is 4.74 Å². The zero-order chi connectivity index (χ0) is 15.1. The molecule has 118 valence electrons. The summed E-state index contributed by atoms with van der Waals surface area (Å²) in [6.07, 6.45) is 2.43. The molecule has 3 nitrogen and oxygen atoms in total. The lowest BCUT2D eigenvalue weighted by Crippen LogP contribution is -2.42. The number of benzene rings is 1.